The highest BCUT2D eigenvalue weighted by molar-refractivity contribution is 5.26. The lowest BCUT2D eigenvalue weighted by Gasteiger charge is -2.28. The minimum Gasteiger partial charge on any atom is -0.394 e. The summed E-state index contributed by atoms with van der Waals surface area (Å²) in [6, 6.07) is 9.68. The molecule has 19 heavy (non-hydrogen) atoms. The summed E-state index contributed by atoms with van der Waals surface area (Å²) in [6.07, 6.45) is 0. The van der Waals surface area contributed by atoms with Gasteiger partial charge in [0.15, 0.2) is 0 Å². The third-order valence-electron chi connectivity index (χ3n) is 3.81. The van der Waals surface area contributed by atoms with E-state index in [2.05, 4.69) is 5.10 Å². The summed E-state index contributed by atoms with van der Waals surface area (Å²) < 4.78 is 1.88. The number of nitrogens with two attached hydrogens (primary N) is 1. The number of aryl methyl sites for hydroxylation is 1. The van der Waals surface area contributed by atoms with E-state index in [1.54, 1.807) is 0 Å². The Balaban J connectivity index is 2.36. The Morgan fingerprint density at radius 1 is 1.21 bits per heavy atom. The average molecular weight is 259 g/mol. The second-order valence-corrected chi connectivity index (χ2v) is 5.13. The first-order valence-corrected chi connectivity index (χ1v) is 6.44. The first-order chi connectivity index (χ1) is 8.98. The molecule has 0 aliphatic carbocycles. The molecular weight excluding hydrogens is 238 g/mol. The zero-order chi connectivity index (χ0) is 14.0. The fraction of sp³-hybridized carbons (Fsp3) is 0.400. The lowest BCUT2D eigenvalue weighted by Crippen LogP contribution is -2.45. The summed E-state index contributed by atoms with van der Waals surface area (Å²) in [5.74, 6) is 0. The molecule has 0 saturated carbocycles. The van der Waals surface area contributed by atoms with Crippen molar-refractivity contribution >= 4 is 0 Å². The number of aliphatic hydroxyl groups excluding tert-OH is 1. The highest BCUT2D eigenvalue weighted by atomic mass is 16.3. The van der Waals surface area contributed by atoms with Gasteiger partial charge in [-0.1, -0.05) is 30.3 Å². The van der Waals surface area contributed by atoms with E-state index in [1.165, 1.54) is 5.56 Å². The second kappa shape index (κ2) is 5.15. The minimum atomic E-state index is -0.809. The van der Waals surface area contributed by atoms with Gasteiger partial charge in [0.2, 0.25) is 0 Å². The van der Waals surface area contributed by atoms with Crippen LogP contribution in [0.3, 0.4) is 0 Å². The summed E-state index contributed by atoms with van der Waals surface area (Å²) in [6.45, 7) is 6.41. The van der Waals surface area contributed by atoms with Crippen molar-refractivity contribution in [2.24, 2.45) is 5.73 Å². The van der Waals surface area contributed by atoms with Crippen LogP contribution in [-0.2, 0) is 12.1 Å². The van der Waals surface area contributed by atoms with E-state index < -0.39 is 5.54 Å². The van der Waals surface area contributed by atoms with Crippen molar-refractivity contribution in [1.82, 2.24) is 9.78 Å². The largest absolute Gasteiger partial charge is 0.394 e. The fourth-order valence-electron chi connectivity index (χ4n) is 2.21. The van der Waals surface area contributed by atoms with Crippen LogP contribution in [-0.4, -0.2) is 21.5 Å². The van der Waals surface area contributed by atoms with Gasteiger partial charge in [-0.2, -0.15) is 5.10 Å². The van der Waals surface area contributed by atoms with Gasteiger partial charge in [-0.25, -0.2) is 0 Å². The van der Waals surface area contributed by atoms with Gasteiger partial charge in [-0.05, 0) is 31.9 Å². The van der Waals surface area contributed by atoms with E-state index in [9.17, 15) is 5.11 Å². The molecule has 1 aromatic heterocycles. The van der Waals surface area contributed by atoms with Crippen LogP contribution in [0.1, 0.15) is 22.5 Å². The van der Waals surface area contributed by atoms with Gasteiger partial charge >= 0.3 is 0 Å². The van der Waals surface area contributed by atoms with Crippen molar-refractivity contribution in [2.45, 2.75) is 32.9 Å². The van der Waals surface area contributed by atoms with E-state index in [4.69, 9.17) is 5.73 Å². The monoisotopic (exact) mass is 259 g/mol. The van der Waals surface area contributed by atoms with Gasteiger partial charge in [0.25, 0.3) is 0 Å². The summed E-state index contributed by atoms with van der Waals surface area (Å²) in [5, 5.41) is 14.2. The number of hydrogen-bond donors (Lipinski definition) is 2. The fourth-order valence-corrected chi connectivity index (χ4v) is 2.21. The van der Waals surface area contributed by atoms with Crippen LogP contribution < -0.4 is 5.73 Å². The molecule has 0 aliphatic rings. The number of aliphatic hydroxyl groups is 1. The summed E-state index contributed by atoms with van der Waals surface area (Å²) in [4.78, 5) is 0. The van der Waals surface area contributed by atoms with Crippen molar-refractivity contribution < 1.29 is 5.11 Å². The second-order valence-electron chi connectivity index (χ2n) is 5.13. The molecule has 0 spiro atoms. The van der Waals surface area contributed by atoms with Crippen molar-refractivity contribution in [1.29, 1.82) is 0 Å². The molecule has 1 aromatic carbocycles. The quantitative estimate of drug-likeness (QED) is 0.877. The molecule has 102 valence electrons. The van der Waals surface area contributed by atoms with E-state index in [-0.39, 0.29) is 6.61 Å². The van der Waals surface area contributed by atoms with Crippen molar-refractivity contribution in [3.05, 3.63) is 52.8 Å². The van der Waals surface area contributed by atoms with Gasteiger partial charge in [0.1, 0.15) is 0 Å². The van der Waals surface area contributed by atoms with E-state index in [0.29, 0.717) is 6.54 Å². The highest BCUT2D eigenvalue weighted by Gasteiger charge is 2.28. The lowest BCUT2D eigenvalue weighted by molar-refractivity contribution is 0.173. The SMILES string of the molecule is Cc1nn(CC(N)(CO)c2ccccc2)c(C)c1C. The third-order valence-corrected chi connectivity index (χ3v) is 3.81. The summed E-state index contributed by atoms with van der Waals surface area (Å²) in [5.41, 5.74) is 9.75. The summed E-state index contributed by atoms with van der Waals surface area (Å²) >= 11 is 0. The Morgan fingerprint density at radius 2 is 1.84 bits per heavy atom. The van der Waals surface area contributed by atoms with Crippen molar-refractivity contribution in [2.75, 3.05) is 6.61 Å². The molecule has 2 rings (SSSR count). The Morgan fingerprint density at radius 3 is 2.32 bits per heavy atom. The molecule has 1 heterocycles. The molecule has 0 saturated heterocycles. The molecule has 2 aromatic rings. The maximum absolute atomic E-state index is 9.70. The molecule has 1 unspecified atom stereocenters. The molecule has 4 nitrogen and oxygen atoms in total. The number of rotatable bonds is 4. The van der Waals surface area contributed by atoms with E-state index in [1.807, 2.05) is 55.8 Å². The standard InChI is InChI=1S/C15H21N3O/c1-11-12(2)17-18(13(11)3)9-15(16,10-19)14-7-5-4-6-8-14/h4-8,19H,9-10,16H2,1-3H3. The smallest absolute Gasteiger partial charge is 0.0842 e. The first-order valence-electron chi connectivity index (χ1n) is 6.44. The minimum absolute atomic E-state index is 0.117. The zero-order valence-corrected chi connectivity index (χ0v) is 11.7. The Labute approximate surface area is 113 Å². The normalized spacial score (nSPS) is 14.4. The molecule has 4 heteroatoms. The van der Waals surface area contributed by atoms with Crippen LogP contribution in [0.15, 0.2) is 30.3 Å². The maximum atomic E-state index is 9.70. The average Bonchev–Trinajstić information content (AvgIpc) is 2.67. The molecule has 0 amide bonds. The Hall–Kier alpha value is -1.65. The van der Waals surface area contributed by atoms with Crippen molar-refractivity contribution in [3.8, 4) is 0 Å². The van der Waals surface area contributed by atoms with Gasteiger partial charge in [0.05, 0.1) is 24.4 Å². The number of hydrogen-bond acceptors (Lipinski definition) is 3. The zero-order valence-electron chi connectivity index (χ0n) is 11.7. The van der Waals surface area contributed by atoms with Gasteiger partial charge in [-0.3, -0.25) is 4.68 Å². The van der Waals surface area contributed by atoms with Crippen molar-refractivity contribution in [3.63, 3.8) is 0 Å². The van der Waals surface area contributed by atoms with E-state index in [0.717, 1.165) is 17.0 Å². The van der Waals surface area contributed by atoms with Gasteiger partial charge < -0.3 is 10.8 Å². The van der Waals surface area contributed by atoms with Crippen LogP contribution >= 0.6 is 0 Å². The first kappa shape index (κ1) is 13.8. The number of benzene rings is 1. The van der Waals surface area contributed by atoms with Gasteiger partial charge in [-0.15, -0.1) is 0 Å². The van der Waals surface area contributed by atoms with Crippen LogP contribution in [0, 0.1) is 20.8 Å². The van der Waals surface area contributed by atoms with Crippen LogP contribution in [0.25, 0.3) is 0 Å². The number of nitrogens with zero attached hydrogens (tertiary/aromatic N) is 2. The molecule has 3 N–H and O–H groups in total. The summed E-state index contributed by atoms with van der Waals surface area (Å²) in [7, 11) is 0. The van der Waals surface area contributed by atoms with Crippen LogP contribution in [0.4, 0.5) is 0 Å². The molecule has 0 radical (unpaired) electrons. The molecular formula is C15H21N3O. The molecule has 0 fully saturated rings. The lowest BCUT2D eigenvalue weighted by atomic mass is 9.92. The predicted octanol–water partition coefficient (Wildman–Crippen LogP) is 1.65. The number of aromatic nitrogens is 2. The molecule has 0 bridgehead atoms. The Kier molecular flexibility index (Phi) is 3.73. The predicted molar refractivity (Wildman–Crippen MR) is 75.8 cm³/mol. The maximum Gasteiger partial charge on any atom is 0.0842 e. The van der Waals surface area contributed by atoms with Gasteiger partial charge in [0, 0.05) is 5.69 Å². The molecule has 1 atom stereocenters. The van der Waals surface area contributed by atoms with Crippen LogP contribution in [0.2, 0.25) is 0 Å². The topological polar surface area (TPSA) is 64.1 Å². The highest BCUT2D eigenvalue weighted by Crippen LogP contribution is 2.22. The van der Waals surface area contributed by atoms with E-state index >= 15 is 0 Å². The Bertz CT molecular complexity index is 562. The van der Waals surface area contributed by atoms with Crippen LogP contribution in [0.5, 0.6) is 0 Å². The molecule has 0 aliphatic heterocycles. The third kappa shape index (κ3) is 2.55.